The molecule has 0 aromatic rings. The summed E-state index contributed by atoms with van der Waals surface area (Å²) in [5, 5.41) is 9.02. The molecule has 0 unspecified atom stereocenters. The second-order valence-electron chi connectivity index (χ2n) is 2.45. The Labute approximate surface area is 68.3 Å². The molecule has 0 aromatic heterocycles. The van der Waals surface area contributed by atoms with Gasteiger partial charge in [-0.15, -0.1) is 0 Å². The molecule has 5 heteroatoms. The maximum Gasteiger partial charge on any atom is 0.296 e. The van der Waals surface area contributed by atoms with Crippen molar-refractivity contribution in [1.82, 2.24) is 4.90 Å². The van der Waals surface area contributed by atoms with Crippen LogP contribution in [0.5, 0.6) is 0 Å². The molecule has 1 aliphatic heterocycles. The van der Waals surface area contributed by atoms with Gasteiger partial charge in [0.1, 0.15) is 5.57 Å². The van der Waals surface area contributed by atoms with Gasteiger partial charge in [-0.25, -0.2) is 0 Å². The topological polar surface area (TPSA) is 74.7 Å². The van der Waals surface area contributed by atoms with E-state index in [1.807, 2.05) is 0 Å². The fraction of sp³-hybridized carbons (Fsp3) is 0.286. The fourth-order valence-electron chi connectivity index (χ4n) is 0.944. The molecular weight excluding hydrogens is 162 g/mol. The number of imide groups is 1. The lowest BCUT2D eigenvalue weighted by Crippen LogP contribution is -2.27. The number of ketones is 1. The number of Topliss-reactive ketones (excluding diaryl/α,β-unsaturated/α-hetero) is 1. The van der Waals surface area contributed by atoms with Crippen LogP contribution in [-0.2, 0) is 14.4 Å². The predicted molar refractivity (Wildman–Crippen MR) is 38.1 cm³/mol. The van der Waals surface area contributed by atoms with E-state index in [1.54, 1.807) is 0 Å². The molecule has 0 bridgehead atoms. The van der Waals surface area contributed by atoms with Gasteiger partial charge in [-0.05, 0) is 6.92 Å². The Balaban J connectivity index is 3.22. The van der Waals surface area contributed by atoms with Gasteiger partial charge in [0.15, 0.2) is 11.5 Å². The molecule has 0 radical (unpaired) electrons. The SMILES string of the molecule is CC(=O)C1=C(O)C(=O)N(C)C1=O. The van der Waals surface area contributed by atoms with Crippen molar-refractivity contribution in [3.63, 3.8) is 0 Å². The van der Waals surface area contributed by atoms with E-state index in [0.29, 0.717) is 4.90 Å². The summed E-state index contributed by atoms with van der Waals surface area (Å²) >= 11 is 0. The van der Waals surface area contributed by atoms with E-state index in [0.717, 1.165) is 6.92 Å². The second kappa shape index (κ2) is 2.44. The first-order chi connectivity index (χ1) is 5.46. The van der Waals surface area contributed by atoms with Crippen LogP contribution < -0.4 is 0 Å². The molecule has 2 amide bonds. The highest BCUT2D eigenvalue weighted by Gasteiger charge is 2.37. The standard InChI is InChI=1S/C7H7NO4/c1-3(9)4-5(10)7(12)8(2)6(4)11/h10H,1-2H3. The largest absolute Gasteiger partial charge is 0.502 e. The van der Waals surface area contributed by atoms with Crippen LogP contribution in [0.1, 0.15) is 6.92 Å². The quantitative estimate of drug-likeness (QED) is 0.419. The van der Waals surface area contributed by atoms with E-state index in [9.17, 15) is 14.4 Å². The number of amides is 2. The Morgan fingerprint density at radius 3 is 2.00 bits per heavy atom. The molecule has 0 aliphatic carbocycles. The average Bonchev–Trinajstić information content (AvgIpc) is 2.16. The van der Waals surface area contributed by atoms with Gasteiger partial charge in [0.25, 0.3) is 11.8 Å². The molecule has 1 N–H and O–H groups in total. The number of rotatable bonds is 1. The molecule has 0 spiro atoms. The minimum atomic E-state index is -0.829. The summed E-state index contributed by atoms with van der Waals surface area (Å²) in [6, 6.07) is 0. The number of likely N-dealkylation sites (N-methyl/N-ethyl adjacent to an activating group) is 1. The molecule has 1 rings (SSSR count). The van der Waals surface area contributed by atoms with Crippen LogP contribution in [0.4, 0.5) is 0 Å². The summed E-state index contributed by atoms with van der Waals surface area (Å²) < 4.78 is 0. The third kappa shape index (κ3) is 0.903. The van der Waals surface area contributed by atoms with Crippen LogP contribution >= 0.6 is 0 Å². The van der Waals surface area contributed by atoms with Crippen LogP contribution in [0.3, 0.4) is 0 Å². The van der Waals surface area contributed by atoms with Crippen LogP contribution in [-0.4, -0.2) is 34.7 Å². The van der Waals surface area contributed by atoms with E-state index in [-0.39, 0.29) is 0 Å². The minimum absolute atomic E-state index is 0.428. The smallest absolute Gasteiger partial charge is 0.296 e. The van der Waals surface area contributed by atoms with Crippen LogP contribution in [0.25, 0.3) is 0 Å². The van der Waals surface area contributed by atoms with Crippen LogP contribution in [0.2, 0.25) is 0 Å². The molecule has 0 saturated carbocycles. The summed E-state index contributed by atoms with van der Waals surface area (Å²) in [4.78, 5) is 33.4. The first-order valence-corrected chi connectivity index (χ1v) is 3.23. The van der Waals surface area contributed by atoms with E-state index >= 15 is 0 Å². The fourth-order valence-corrected chi connectivity index (χ4v) is 0.944. The number of nitrogens with zero attached hydrogens (tertiary/aromatic N) is 1. The Morgan fingerprint density at radius 2 is 1.83 bits per heavy atom. The highest BCUT2D eigenvalue weighted by Crippen LogP contribution is 2.17. The summed E-state index contributed by atoms with van der Waals surface area (Å²) in [6.07, 6.45) is 0. The zero-order valence-electron chi connectivity index (χ0n) is 6.62. The van der Waals surface area contributed by atoms with Crippen molar-refractivity contribution >= 4 is 17.6 Å². The molecule has 5 nitrogen and oxygen atoms in total. The van der Waals surface area contributed by atoms with E-state index in [2.05, 4.69) is 0 Å². The van der Waals surface area contributed by atoms with Gasteiger partial charge in [-0.3, -0.25) is 19.3 Å². The molecule has 0 saturated heterocycles. The first kappa shape index (κ1) is 8.45. The molecular formula is C7H7NO4. The maximum atomic E-state index is 11.0. The van der Waals surface area contributed by atoms with Gasteiger partial charge in [0.2, 0.25) is 0 Å². The summed E-state index contributed by atoms with van der Waals surface area (Å²) in [7, 11) is 1.21. The summed E-state index contributed by atoms with van der Waals surface area (Å²) in [6.45, 7) is 1.12. The van der Waals surface area contributed by atoms with E-state index in [1.165, 1.54) is 7.05 Å². The van der Waals surface area contributed by atoms with Crippen LogP contribution in [0, 0.1) is 0 Å². The zero-order valence-corrected chi connectivity index (χ0v) is 6.62. The number of aliphatic hydroxyl groups excluding tert-OH is 1. The van der Waals surface area contributed by atoms with Crippen molar-refractivity contribution in [1.29, 1.82) is 0 Å². The van der Waals surface area contributed by atoms with Crippen LogP contribution in [0.15, 0.2) is 11.3 Å². The summed E-state index contributed by atoms with van der Waals surface area (Å²) in [5.74, 6) is -2.93. The first-order valence-electron chi connectivity index (χ1n) is 3.23. The third-order valence-corrected chi connectivity index (χ3v) is 1.61. The second-order valence-corrected chi connectivity index (χ2v) is 2.45. The van der Waals surface area contributed by atoms with Gasteiger partial charge in [0.05, 0.1) is 0 Å². The van der Waals surface area contributed by atoms with Crippen molar-refractivity contribution in [2.75, 3.05) is 7.05 Å². The molecule has 1 aliphatic rings. The van der Waals surface area contributed by atoms with Gasteiger partial charge in [-0.2, -0.15) is 0 Å². The molecule has 64 valence electrons. The zero-order chi connectivity index (χ0) is 9.46. The number of carbonyl (C=O) groups excluding carboxylic acids is 3. The lowest BCUT2D eigenvalue weighted by molar-refractivity contribution is -0.137. The Hall–Kier alpha value is -1.65. The van der Waals surface area contributed by atoms with Gasteiger partial charge < -0.3 is 5.11 Å². The molecule has 1 heterocycles. The number of hydrogen-bond donors (Lipinski definition) is 1. The lowest BCUT2D eigenvalue weighted by atomic mass is 10.2. The van der Waals surface area contributed by atoms with E-state index in [4.69, 9.17) is 5.11 Å². The summed E-state index contributed by atoms with van der Waals surface area (Å²) in [5.41, 5.74) is -0.428. The predicted octanol–water partition coefficient (Wildman–Crippen LogP) is -0.614. The van der Waals surface area contributed by atoms with Crippen molar-refractivity contribution in [3.8, 4) is 0 Å². The number of aliphatic hydroxyl groups is 1. The Kier molecular flexibility index (Phi) is 1.72. The molecule has 0 atom stereocenters. The highest BCUT2D eigenvalue weighted by molar-refractivity contribution is 6.30. The Morgan fingerprint density at radius 1 is 1.33 bits per heavy atom. The van der Waals surface area contributed by atoms with E-state index < -0.39 is 28.9 Å². The lowest BCUT2D eigenvalue weighted by Gasteiger charge is -2.03. The molecule has 0 fully saturated rings. The third-order valence-electron chi connectivity index (χ3n) is 1.61. The van der Waals surface area contributed by atoms with Crippen molar-refractivity contribution in [2.24, 2.45) is 0 Å². The average molecular weight is 169 g/mol. The van der Waals surface area contributed by atoms with Gasteiger partial charge in [0, 0.05) is 7.05 Å². The van der Waals surface area contributed by atoms with Gasteiger partial charge >= 0.3 is 0 Å². The normalized spacial score (nSPS) is 17.7. The number of carbonyl (C=O) groups is 3. The molecule has 12 heavy (non-hydrogen) atoms. The van der Waals surface area contributed by atoms with Crippen molar-refractivity contribution < 1.29 is 19.5 Å². The Bertz CT molecular complexity index is 315. The minimum Gasteiger partial charge on any atom is -0.502 e. The monoisotopic (exact) mass is 169 g/mol. The number of hydrogen-bond acceptors (Lipinski definition) is 4. The van der Waals surface area contributed by atoms with Gasteiger partial charge in [-0.1, -0.05) is 0 Å². The molecule has 0 aromatic carbocycles. The van der Waals surface area contributed by atoms with Crippen molar-refractivity contribution in [3.05, 3.63) is 11.3 Å². The maximum absolute atomic E-state index is 11.0. The highest BCUT2D eigenvalue weighted by atomic mass is 16.3. The van der Waals surface area contributed by atoms with Crippen molar-refractivity contribution in [2.45, 2.75) is 6.92 Å².